The average Bonchev–Trinajstić information content (AvgIpc) is 3.05. The van der Waals surface area contributed by atoms with E-state index in [4.69, 9.17) is 9.47 Å². The van der Waals surface area contributed by atoms with Gasteiger partial charge in [-0.05, 0) is 19.1 Å². The van der Waals surface area contributed by atoms with Crippen molar-refractivity contribution in [3.63, 3.8) is 0 Å². The predicted molar refractivity (Wildman–Crippen MR) is 93.4 cm³/mol. The Morgan fingerprint density at radius 3 is 2.32 bits per heavy atom. The Bertz CT molecular complexity index is 1090. The Morgan fingerprint density at radius 1 is 1.11 bits per heavy atom. The lowest BCUT2D eigenvalue weighted by Gasteiger charge is -2.14. The molecule has 0 saturated carbocycles. The van der Waals surface area contributed by atoms with Gasteiger partial charge in [-0.1, -0.05) is 0 Å². The number of H-pyrrole nitrogens is 1. The number of aryl methyl sites for hydroxylation is 1. The maximum atomic E-state index is 12.8. The molecule has 10 nitrogen and oxygen atoms in total. The minimum atomic E-state index is -4.14. The van der Waals surface area contributed by atoms with Crippen LogP contribution in [0.25, 0.3) is 11.0 Å². The summed E-state index contributed by atoms with van der Waals surface area (Å²) < 4.78 is 66.9. The van der Waals surface area contributed by atoms with Gasteiger partial charge in [-0.3, -0.25) is 0 Å². The van der Waals surface area contributed by atoms with E-state index in [1.165, 1.54) is 6.20 Å². The van der Waals surface area contributed by atoms with E-state index in [2.05, 4.69) is 29.4 Å². The zero-order chi connectivity index (χ0) is 20.5. The maximum Gasteiger partial charge on any atom is 0.387 e. The number of methoxy groups -OCH3 is 2. The van der Waals surface area contributed by atoms with Crippen molar-refractivity contribution in [3.8, 4) is 17.5 Å². The van der Waals surface area contributed by atoms with Crippen molar-refractivity contribution in [2.45, 2.75) is 18.4 Å². The van der Waals surface area contributed by atoms with Gasteiger partial charge in [0.15, 0.2) is 0 Å². The summed E-state index contributed by atoms with van der Waals surface area (Å²) in [7, 11) is -1.85. The van der Waals surface area contributed by atoms with Crippen molar-refractivity contribution in [3.05, 3.63) is 24.0 Å². The van der Waals surface area contributed by atoms with Crippen molar-refractivity contribution < 1.29 is 31.4 Å². The number of alkyl halides is 2. The predicted octanol–water partition coefficient (Wildman–Crippen LogP) is 2.08. The third kappa shape index (κ3) is 3.74. The van der Waals surface area contributed by atoms with Crippen LogP contribution in [0.5, 0.6) is 17.5 Å². The summed E-state index contributed by atoms with van der Waals surface area (Å²) >= 11 is 0. The van der Waals surface area contributed by atoms with Crippen molar-refractivity contribution in [2.75, 3.05) is 18.9 Å². The number of sulfonamides is 1. The van der Waals surface area contributed by atoms with E-state index in [0.29, 0.717) is 16.7 Å². The Hall–Kier alpha value is -3.22. The van der Waals surface area contributed by atoms with Crippen LogP contribution >= 0.6 is 0 Å². The fraction of sp³-hybridized carbons (Fsp3) is 0.267. The van der Waals surface area contributed by atoms with Crippen LogP contribution < -0.4 is 18.9 Å². The smallest absolute Gasteiger partial charge is 0.387 e. The highest BCUT2D eigenvalue weighted by molar-refractivity contribution is 7.93. The minimum absolute atomic E-state index is 0.0931. The molecule has 0 bridgehead atoms. The van der Waals surface area contributed by atoms with E-state index in [9.17, 15) is 17.2 Å². The third-order valence-corrected chi connectivity index (χ3v) is 4.92. The molecule has 0 unspecified atom stereocenters. The van der Waals surface area contributed by atoms with E-state index >= 15 is 0 Å². The van der Waals surface area contributed by atoms with Crippen molar-refractivity contribution in [2.24, 2.45) is 0 Å². The molecule has 0 spiro atoms. The molecule has 2 N–H and O–H groups in total. The summed E-state index contributed by atoms with van der Waals surface area (Å²) in [5, 5.41) is 0.356. The molecule has 0 amide bonds. The van der Waals surface area contributed by atoms with Gasteiger partial charge in [0.1, 0.15) is 10.5 Å². The first-order valence-electron chi connectivity index (χ1n) is 7.67. The van der Waals surface area contributed by atoms with Crippen molar-refractivity contribution >= 4 is 27.0 Å². The zero-order valence-corrected chi connectivity index (χ0v) is 15.7. The highest BCUT2D eigenvalue weighted by Crippen LogP contribution is 2.36. The van der Waals surface area contributed by atoms with Crippen LogP contribution in [0.2, 0.25) is 0 Å². The summed E-state index contributed by atoms with van der Waals surface area (Å²) in [6, 6.07) is 3.26. The second kappa shape index (κ2) is 7.42. The number of hydrogen-bond donors (Lipinski definition) is 2. The first-order valence-corrected chi connectivity index (χ1v) is 9.16. The zero-order valence-electron chi connectivity index (χ0n) is 14.9. The van der Waals surface area contributed by atoms with E-state index in [0.717, 1.165) is 14.2 Å². The van der Waals surface area contributed by atoms with Gasteiger partial charge in [0, 0.05) is 17.3 Å². The van der Waals surface area contributed by atoms with E-state index < -0.39 is 40.1 Å². The van der Waals surface area contributed by atoms with Gasteiger partial charge in [-0.2, -0.15) is 18.7 Å². The number of rotatable bonds is 7. The largest absolute Gasteiger partial charge is 0.478 e. The van der Waals surface area contributed by atoms with Crippen molar-refractivity contribution in [1.82, 2.24) is 19.9 Å². The molecule has 0 radical (unpaired) electrons. The molecular weight excluding hydrogens is 400 g/mol. The van der Waals surface area contributed by atoms with Crippen molar-refractivity contribution in [1.29, 1.82) is 0 Å². The number of nitrogens with one attached hydrogen (secondary N) is 2. The van der Waals surface area contributed by atoms with Gasteiger partial charge in [0.25, 0.3) is 21.8 Å². The fourth-order valence-corrected chi connectivity index (χ4v) is 3.51. The van der Waals surface area contributed by atoms with Crippen LogP contribution in [-0.2, 0) is 10.0 Å². The summed E-state index contributed by atoms with van der Waals surface area (Å²) in [5.41, 5.74) is 1.09. The quantitative estimate of drug-likeness (QED) is 0.600. The molecule has 3 aromatic heterocycles. The number of hydrogen-bond acceptors (Lipinski definition) is 8. The molecule has 3 rings (SSSR count). The normalized spacial score (nSPS) is 11.6. The molecule has 0 aromatic carbocycles. The topological polar surface area (TPSA) is 128 Å². The molecule has 0 aliphatic heterocycles. The molecule has 0 atom stereocenters. The lowest BCUT2D eigenvalue weighted by molar-refractivity contribution is -0.0533. The SMILES string of the molecule is COc1nc(NS(=O)(=O)c2c[nH]c3nc(C)ccc23)nc(OC)c1OC(F)F. The van der Waals surface area contributed by atoms with Crippen LogP contribution in [0.15, 0.2) is 23.2 Å². The number of fused-ring (bicyclic) bond motifs is 1. The van der Waals surface area contributed by atoms with Crippen LogP contribution in [0.3, 0.4) is 0 Å². The van der Waals surface area contributed by atoms with Gasteiger partial charge in [-0.25, -0.2) is 18.1 Å². The Labute approximate surface area is 157 Å². The van der Waals surface area contributed by atoms with Crippen LogP contribution in [-0.4, -0.2) is 49.2 Å². The maximum absolute atomic E-state index is 12.8. The lowest BCUT2D eigenvalue weighted by atomic mass is 10.3. The minimum Gasteiger partial charge on any atom is -0.478 e. The molecule has 0 fully saturated rings. The number of anilines is 1. The first kappa shape index (κ1) is 19.5. The second-order valence-corrected chi connectivity index (χ2v) is 7.03. The first-order chi connectivity index (χ1) is 13.2. The standard InChI is InChI=1S/C15H15F2N5O5S/c1-7-4-5-8-9(6-18-11(8)19-7)28(23,24)22-15-20-12(25-2)10(27-14(16)17)13(21-15)26-3/h4-6,14H,1-3H3,(H,18,19)(H,20,21,22). The molecule has 3 heterocycles. The average molecular weight is 415 g/mol. The molecular formula is C15H15F2N5O5S. The summed E-state index contributed by atoms with van der Waals surface area (Å²) in [5.74, 6) is -1.87. The summed E-state index contributed by atoms with van der Waals surface area (Å²) in [4.78, 5) is 14.4. The number of halogens is 2. The number of ether oxygens (including phenoxy) is 3. The number of pyridine rings is 1. The second-order valence-electron chi connectivity index (χ2n) is 5.38. The van der Waals surface area contributed by atoms with Crippen LogP contribution in [0.1, 0.15) is 5.69 Å². The Kier molecular flexibility index (Phi) is 5.18. The highest BCUT2D eigenvalue weighted by Gasteiger charge is 2.25. The fourth-order valence-electron chi connectivity index (χ4n) is 2.40. The van der Waals surface area contributed by atoms with Crippen LogP contribution in [0, 0.1) is 6.92 Å². The Balaban J connectivity index is 2.01. The molecule has 0 aliphatic carbocycles. The summed E-state index contributed by atoms with van der Waals surface area (Å²) in [6.07, 6.45) is 1.27. The van der Waals surface area contributed by atoms with Gasteiger partial charge in [0.05, 0.1) is 14.2 Å². The summed E-state index contributed by atoms with van der Waals surface area (Å²) in [6.45, 7) is -1.42. The molecule has 13 heteroatoms. The van der Waals surface area contributed by atoms with Crippen LogP contribution in [0.4, 0.5) is 14.7 Å². The van der Waals surface area contributed by atoms with Gasteiger partial charge >= 0.3 is 6.61 Å². The highest BCUT2D eigenvalue weighted by atomic mass is 32.2. The molecule has 3 aromatic rings. The van der Waals surface area contributed by atoms with E-state index in [1.54, 1.807) is 19.1 Å². The van der Waals surface area contributed by atoms with Gasteiger partial charge in [-0.15, -0.1) is 0 Å². The molecule has 28 heavy (non-hydrogen) atoms. The molecule has 150 valence electrons. The number of aromatic amines is 1. The molecule has 0 saturated heterocycles. The number of aromatic nitrogens is 4. The van der Waals surface area contributed by atoms with Gasteiger partial charge in [0.2, 0.25) is 11.7 Å². The lowest BCUT2D eigenvalue weighted by Crippen LogP contribution is -2.16. The third-order valence-electron chi connectivity index (χ3n) is 3.55. The monoisotopic (exact) mass is 415 g/mol. The van der Waals surface area contributed by atoms with E-state index in [-0.39, 0.29) is 4.90 Å². The van der Waals surface area contributed by atoms with Gasteiger partial charge < -0.3 is 19.2 Å². The van der Waals surface area contributed by atoms with E-state index in [1.807, 2.05) is 0 Å². The molecule has 0 aliphatic rings. The Morgan fingerprint density at radius 2 is 1.75 bits per heavy atom. The number of nitrogens with zero attached hydrogens (tertiary/aromatic N) is 3.